The molecule has 4 fully saturated rings. The maximum absolute atomic E-state index is 12.2. The molecule has 0 aromatic heterocycles. The van der Waals surface area contributed by atoms with Crippen LogP contribution in [0.25, 0.3) is 0 Å². The van der Waals surface area contributed by atoms with Crippen LogP contribution in [0, 0.1) is 23.7 Å². The molecule has 0 aromatic rings. The van der Waals surface area contributed by atoms with E-state index in [2.05, 4.69) is 23.2 Å². The average Bonchev–Trinajstić information content (AvgIpc) is 2.86. The Labute approximate surface area is 202 Å². The van der Waals surface area contributed by atoms with Crippen LogP contribution < -0.4 is 10.2 Å². The van der Waals surface area contributed by atoms with Crippen molar-refractivity contribution in [2.24, 2.45) is 23.7 Å². The van der Waals surface area contributed by atoms with E-state index in [-0.39, 0.29) is 12.2 Å². The van der Waals surface area contributed by atoms with Gasteiger partial charge in [-0.1, -0.05) is 152 Å². The average molecular weight is 447 g/mol. The molecule has 0 amide bonds. The largest absolute Gasteiger partial charge is 0.852 e. The minimum absolute atomic E-state index is 0.212. The maximum Gasteiger partial charge on any atom is -0.0515 e. The van der Waals surface area contributed by atoms with Crippen LogP contribution in [0.5, 0.6) is 0 Å². The first kappa shape index (κ1) is 27.7. The molecule has 0 aliphatic heterocycles. The predicted octanol–water partition coefficient (Wildman–Crippen LogP) is 6.34. The van der Waals surface area contributed by atoms with E-state index in [9.17, 15) is 10.2 Å². The molecule has 2 nitrogen and oxygen atoms in total. The normalized spacial score (nSPS) is 25.0. The van der Waals surface area contributed by atoms with Crippen molar-refractivity contribution in [2.75, 3.05) is 0 Å². The fourth-order valence-corrected chi connectivity index (χ4v) is 6.62. The van der Waals surface area contributed by atoms with Crippen LogP contribution in [0.3, 0.4) is 0 Å². The molecule has 0 spiro atoms. The van der Waals surface area contributed by atoms with Gasteiger partial charge in [0.1, 0.15) is 0 Å². The molecule has 178 valence electrons. The van der Waals surface area contributed by atoms with E-state index in [0.717, 1.165) is 0 Å². The third kappa shape index (κ3) is 10.5. The number of rotatable bonds is 4. The minimum Gasteiger partial charge on any atom is -0.852 e. The van der Waals surface area contributed by atoms with Crippen molar-refractivity contribution in [2.45, 2.75) is 153 Å². The second-order valence-electron chi connectivity index (χ2n) is 10.9. The summed E-state index contributed by atoms with van der Waals surface area (Å²) in [5.74, 6) is 2.14. The van der Waals surface area contributed by atoms with Gasteiger partial charge in [-0.15, -0.1) is 12.2 Å². The first-order chi connectivity index (χ1) is 15.2. The summed E-state index contributed by atoms with van der Waals surface area (Å²) < 4.78 is 0. The smallest absolute Gasteiger partial charge is 0.0515 e. The Kier molecular flexibility index (Phi) is 15.2. The van der Waals surface area contributed by atoms with Gasteiger partial charge < -0.3 is 10.2 Å². The SMILES string of the molecule is C[CH2][Al+2].[O-]C(C1CCCCC1)C1CCCCC1.[O-]C(C1CCCCC1)C1CCCCC1. The summed E-state index contributed by atoms with van der Waals surface area (Å²) in [7, 11) is 0. The molecule has 4 aliphatic rings. The Bertz CT molecular complexity index is 331. The number of hydrogen-bond donors (Lipinski definition) is 0. The zero-order valence-corrected chi connectivity index (χ0v) is 21.9. The van der Waals surface area contributed by atoms with Crippen LogP contribution in [0.15, 0.2) is 0 Å². The van der Waals surface area contributed by atoms with Crippen molar-refractivity contribution in [1.82, 2.24) is 0 Å². The minimum atomic E-state index is -0.212. The fourth-order valence-electron chi connectivity index (χ4n) is 6.62. The first-order valence-corrected chi connectivity index (χ1v) is 15.0. The van der Waals surface area contributed by atoms with Gasteiger partial charge in [-0.25, -0.2) is 0 Å². The molecular formula is C28H51AlO2. The molecule has 0 radical (unpaired) electrons. The van der Waals surface area contributed by atoms with Crippen LogP contribution in [-0.2, 0) is 0 Å². The van der Waals surface area contributed by atoms with Crippen LogP contribution in [0.1, 0.15) is 135 Å². The molecule has 0 aromatic carbocycles. The van der Waals surface area contributed by atoms with E-state index < -0.39 is 0 Å². The molecule has 4 rings (SSSR count). The second kappa shape index (κ2) is 17.0. The van der Waals surface area contributed by atoms with Crippen LogP contribution in [0.2, 0.25) is 5.28 Å². The van der Waals surface area contributed by atoms with E-state index in [0.29, 0.717) is 23.7 Å². The first-order valence-electron chi connectivity index (χ1n) is 14.2. The molecule has 4 saturated carbocycles. The van der Waals surface area contributed by atoms with Crippen molar-refractivity contribution >= 4 is 16.3 Å². The van der Waals surface area contributed by atoms with Crippen LogP contribution in [0.4, 0.5) is 0 Å². The quantitative estimate of drug-likeness (QED) is 0.473. The summed E-state index contributed by atoms with van der Waals surface area (Å²) in [6.45, 7) is 2.09. The molecule has 0 atom stereocenters. The Balaban J connectivity index is 0.000000196. The van der Waals surface area contributed by atoms with E-state index in [1.807, 2.05) is 0 Å². The summed E-state index contributed by atoms with van der Waals surface area (Å²) in [5.41, 5.74) is 0. The maximum atomic E-state index is 12.2. The van der Waals surface area contributed by atoms with E-state index in [4.69, 9.17) is 0 Å². The van der Waals surface area contributed by atoms with Gasteiger partial charge in [-0.05, 0) is 0 Å². The van der Waals surface area contributed by atoms with E-state index in [1.54, 1.807) is 0 Å². The predicted molar refractivity (Wildman–Crippen MR) is 130 cm³/mol. The van der Waals surface area contributed by atoms with Gasteiger partial charge in [0.25, 0.3) is 0 Å². The Morgan fingerprint density at radius 3 is 0.806 bits per heavy atom. The summed E-state index contributed by atoms with van der Waals surface area (Å²) in [4.78, 5) is 0. The molecular weight excluding hydrogens is 395 g/mol. The zero-order valence-electron chi connectivity index (χ0n) is 20.7. The van der Waals surface area contributed by atoms with E-state index >= 15 is 0 Å². The van der Waals surface area contributed by atoms with Gasteiger partial charge in [0.2, 0.25) is 0 Å². The summed E-state index contributed by atoms with van der Waals surface area (Å²) in [5, 5.41) is 25.6. The van der Waals surface area contributed by atoms with Gasteiger partial charge in [-0.3, -0.25) is 0 Å². The summed E-state index contributed by atoms with van der Waals surface area (Å²) in [6.07, 6.45) is 25.4. The molecule has 0 saturated heterocycles. The van der Waals surface area contributed by atoms with E-state index in [1.165, 1.54) is 134 Å². The molecule has 0 N–H and O–H groups in total. The van der Waals surface area contributed by atoms with Crippen molar-refractivity contribution in [3.63, 3.8) is 0 Å². The molecule has 31 heavy (non-hydrogen) atoms. The molecule has 4 aliphatic carbocycles. The molecule has 0 heterocycles. The van der Waals surface area contributed by atoms with Gasteiger partial charge in [-0.2, -0.15) is 0 Å². The van der Waals surface area contributed by atoms with Crippen molar-refractivity contribution in [3.05, 3.63) is 0 Å². The monoisotopic (exact) mass is 446 g/mol. The standard InChI is InChI=1S/2C13H23O.C2H5.Al/c2*14-13(11-7-3-1-4-8-11)12-9-5-2-6-10-12;1-2;/h2*11-13H,1-10H2;1H2,2H3;/q2*-1;;+2. The van der Waals surface area contributed by atoms with Crippen molar-refractivity contribution in [3.8, 4) is 0 Å². The Hall–Kier alpha value is 0.452. The van der Waals surface area contributed by atoms with Crippen LogP contribution in [-0.4, -0.2) is 28.5 Å². The third-order valence-corrected chi connectivity index (χ3v) is 8.46. The molecule has 0 bridgehead atoms. The Morgan fingerprint density at radius 1 is 0.484 bits per heavy atom. The number of hydrogen-bond acceptors (Lipinski definition) is 2. The van der Waals surface area contributed by atoms with Gasteiger partial charge in [0.15, 0.2) is 0 Å². The topological polar surface area (TPSA) is 46.1 Å². The van der Waals surface area contributed by atoms with Crippen molar-refractivity contribution < 1.29 is 10.2 Å². The van der Waals surface area contributed by atoms with Crippen LogP contribution >= 0.6 is 0 Å². The second-order valence-corrected chi connectivity index (χ2v) is 11.7. The fraction of sp³-hybridized carbons (Fsp3) is 1.00. The summed E-state index contributed by atoms with van der Waals surface area (Å²) >= 11 is 2.58. The molecule has 0 unspecified atom stereocenters. The molecule has 3 heteroatoms. The van der Waals surface area contributed by atoms with Gasteiger partial charge in [0, 0.05) is 0 Å². The summed E-state index contributed by atoms with van der Waals surface area (Å²) in [6, 6.07) is 0. The van der Waals surface area contributed by atoms with Gasteiger partial charge in [0.05, 0.1) is 0 Å². The Morgan fingerprint density at radius 2 is 0.645 bits per heavy atom. The third-order valence-electron chi connectivity index (χ3n) is 8.46. The van der Waals surface area contributed by atoms with Gasteiger partial charge >= 0.3 is 28.5 Å². The zero-order chi connectivity index (χ0) is 22.3. The van der Waals surface area contributed by atoms with Crippen molar-refractivity contribution in [1.29, 1.82) is 0 Å².